The van der Waals surface area contributed by atoms with E-state index in [4.69, 9.17) is 0 Å². The van der Waals surface area contributed by atoms with Crippen LogP contribution in [0.2, 0.25) is 0 Å². The smallest absolute Gasteiger partial charge is 0.123 e. The van der Waals surface area contributed by atoms with Crippen LogP contribution in [0.3, 0.4) is 0 Å². The highest BCUT2D eigenvalue weighted by molar-refractivity contribution is 5.89. The largest absolute Gasteiger partial charge is 0.384 e. The molecule has 0 radical (unpaired) electrons. The van der Waals surface area contributed by atoms with Gasteiger partial charge in [-0.05, 0) is 35.7 Å². The van der Waals surface area contributed by atoms with Crippen molar-refractivity contribution in [2.45, 2.75) is 25.7 Å². The first-order chi connectivity index (χ1) is 11.0. The lowest BCUT2D eigenvalue weighted by Crippen LogP contribution is -2.19. The fraction of sp³-hybridized carbons (Fsp3) is 0.263. The van der Waals surface area contributed by atoms with Gasteiger partial charge in [0, 0.05) is 35.6 Å². The predicted molar refractivity (Wildman–Crippen MR) is 90.3 cm³/mol. The Morgan fingerprint density at radius 1 is 1.09 bits per heavy atom. The van der Waals surface area contributed by atoms with Gasteiger partial charge in [-0.1, -0.05) is 26.0 Å². The van der Waals surface area contributed by atoms with Crippen LogP contribution < -0.4 is 5.32 Å². The van der Waals surface area contributed by atoms with Crippen molar-refractivity contribution in [3.05, 3.63) is 65.2 Å². The molecule has 4 rings (SSSR count). The molecule has 1 aliphatic rings. The molecule has 1 N–H and O–H groups in total. The number of anilines is 1. The standard InChI is InChI=1S/C19H18FN3/c1-19(2)11-23-15-10-13(9-12-3-5-14(20)6-4-12)17-18(16(15)19)22-8-7-21-17/h3-8,10,23H,9,11H2,1-2H3. The van der Waals surface area contributed by atoms with E-state index in [1.807, 2.05) is 12.1 Å². The molecule has 0 bridgehead atoms. The Morgan fingerprint density at radius 3 is 2.52 bits per heavy atom. The van der Waals surface area contributed by atoms with Crippen molar-refractivity contribution in [3.8, 4) is 0 Å². The summed E-state index contributed by atoms with van der Waals surface area (Å²) in [5, 5.41) is 3.49. The Morgan fingerprint density at radius 2 is 1.78 bits per heavy atom. The van der Waals surface area contributed by atoms with Gasteiger partial charge in [0.25, 0.3) is 0 Å². The second-order valence-electron chi connectivity index (χ2n) is 6.75. The van der Waals surface area contributed by atoms with E-state index in [0.717, 1.165) is 34.4 Å². The minimum Gasteiger partial charge on any atom is -0.384 e. The number of aromatic nitrogens is 2. The van der Waals surface area contributed by atoms with E-state index in [-0.39, 0.29) is 11.2 Å². The van der Waals surface area contributed by atoms with Crippen molar-refractivity contribution in [1.29, 1.82) is 0 Å². The third kappa shape index (κ3) is 2.34. The van der Waals surface area contributed by atoms with E-state index < -0.39 is 0 Å². The van der Waals surface area contributed by atoms with Crippen LogP contribution in [0.5, 0.6) is 0 Å². The van der Waals surface area contributed by atoms with Gasteiger partial charge in [-0.25, -0.2) is 4.39 Å². The minimum absolute atomic E-state index is 0.0397. The molecule has 0 amide bonds. The lowest BCUT2D eigenvalue weighted by Gasteiger charge is -2.19. The topological polar surface area (TPSA) is 37.8 Å². The number of hydrogen-bond donors (Lipinski definition) is 1. The highest BCUT2D eigenvalue weighted by atomic mass is 19.1. The predicted octanol–water partition coefficient (Wildman–Crippen LogP) is 4.06. The van der Waals surface area contributed by atoms with Crippen LogP contribution in [0.4, 0.5) is 10.1 Å². The molecule has 4 heteroatoms. The fourth-order valence-electron chi connectivity index (χ4n) is 3.38. The molecule has 0 aliphatic carbocycles. The van der Waals surface area contributed by atoms with Crippen LogP contribution in [0, 0.1) is 5.82 Å². The molecule has 3 aromatic rings. The molecule has 0 saturated carbocycles. The minimum atomic E-state index is -0.212. The number of hydrogen-bond acceptors (Lipinski definition) is 3. The second-order valence-corrected chi connectivity index (χ2v) is 6.75. The molecule has 116 valence electrons. The van der Waals surface area contributed by atoms with Gasteiger partial charge in [-0.2, -0.15) is 0 Å². The lowest BCUT2D eigenvalue weighted by molar-refractivity contribution is 0.589. The van der Waals surface area contributed by atoms with Gasteiger partial charge in [0.2, 0.25) is 0 Å². The van der Waals surface area contributed by atoms with Crippen molar-refractivity contribution >= 4 is 16.7 Å². The summed E-state index contributed by atoms with van der Waals surface area (Å²) < 4.78 is 13.1. The van der Waals surface area contributed by atoms with Crippen LogP contribution in [0.1, 0.15) is 30.5 Å². The maximum atomic E-state index is 13.1. The number of nitrogens with zero attached hydrogens (tertiary/aromatic N) is 2. The van der Waals surface area contributed by atoms with Crippen molar-refractivity contribution in [2.75, 3.05) is 11.9 Å². The number of halogens is 1. The number of benzene rings is 2. The van der Waals surface area contributed by atoms with Gasteiger partial charge in [0.1, 0.15) is 5.82 Å². The summed E-state index contributed by atoms with van der Waals surface area (Å²) in [6.07, 6.45) is 4.20. The average Bonchev–Trinajstić information content (AvgIpc) is 2.85. The molecule has 0 unspecified atom stereocenters. The molecule has 1 aliphatic heterocycles. The Labute approximate surface area is 134 Å². The number of fused-ring (bicyclic) bond motifs is 3. The Kier molecular flexibility index (Phi) is 3.08. The van der Waals surface area contributed by atoms with Crippen molar-refractivity contribution in [3.63, 3.8) is 0 Å². The Hall–Kier alpha value is -2.49. The van der Waals surface area contributed by atoms with E-state index in [2.05, 4.69) is 35.2 Å². The highest BCUT2D eigenvalue weighted by Crippen LogP contribution is 2.41. The monoisotopic (exact) mass is 307 g/mol. The molecule has 0 fully saturated rings. The molecule has 0 atom stereocenters. The first kappa shape index (κ1) is 14.1. The molecular formula is C19H18FN3. The van der Waals surface area contributed by atoms with Gasteiger partial charge in [-0.3, -0.25) is 9.97 Å². The third-order valence-electron chi connectivity index (χ3n) is 4.53. The molecule has 23 heavy (non-hydrogen) atoms. The van der Waals surface area contributed by atoms with Gasteiger partial charge in [0.05, 0.1) is 11.0 Å². The van der Waals surface area contributed by atoms with Crippen LogP contribution in [0.15, 0.2) is 42.7 Å². The normalized spacial score (nSPS) is 15.4. The summed E-state index contributed by atoms with van der Waals surface area (Å²) in [6, 6.07) is 8.81. The highest BCUT2D eigenvalue weighted by Gasteiger charge is 2.33. The van der Waals surface area contributed by atoms with E-state index in [0.29, 0.717) is 6.42 Å². The zero-order chi connectivity index (χ0) is 16.0. The Bertz CT molecular complexity index is 885. The Balaban J connectivity index is 1.88. The van der Waals surface area contributed by atoms with Crippen LogP contribution in [-0.2, 0) is 11.8 Å². The summed E-state index contributed by atoms with van der Waals surface area (Å²) in [6.45, 7) is 5.34. The zero-order valence-electron chi connectivity index (χ0n) is 13.2. The summed E-state index contributed by atoms with van der Waals surface area (Å²) >= 11 is 0. The number of nitrogens with one attached hydrogen (secondary N) is 1. The molecule has 2 aromatic carbocycles. The molecular weight excluding hydrogens is 289 g/mol. The third-order valence-corrected chi connectivity index (χ3v) is 4.53. The summed E-state index contributed by atoms with van der Waals surface area (Å²) in [5.74, 6) is -0.212. The second kappa shape index (κ2) is 5.01. The average molecular weight is 307 g/mol. The quantitative estimate of drug-likeness (QED) is 0.776. The van der Waals surface area contributed by atoms with E-state index in [1.165, 1.54) is 17.7 Å². The first-order valence-corrected chi connectivity index (χ1v) is 7.80. The zero-order valence-corrected chi connectivity index (χ0v) is 13.2. The summed E-state index contributed by atoms with van der Waals surface area (Å²) in [4.78, 5) is 9.18. The van der Waals surface area contributed by atoms with Gasteiger partial charge >= 0.3 is 0 Å². The van der Waals surface area contributed by atoms with Crippen LogP contribution in [0.25, 0.3) is 11.0 Å². The molecule has 0 saturated heterocycles. The van der Waals surface area contributed by atoms with Gasteiger partial charge in [-0.15, -0.1) is 0 Å². The first-order valence-electron chi connectivity index (χ1n) is 7.80. The lowest BCUT2D eigenvalue weighted by atomic mass is 9.84. The molecule has 3 nitrogen and oxygen atoms in total. The van der Waals surface area contributed by atoms with Gasteiger partial charge < -0.3 is 5.32 Å². The van der Waals surface area contributed by atoms with Crippen molar-refractivity contribution in [2.24, 2.45) is 0 Å². The molecule has 1 aromatic heterocycles. The summed E-state index contributed by atoms with van der Waals surface area (Å²) in [7, 11) is 0. The van der Waals surface area contributed by atoms with Gasteiger partial charge in [0.15, 0.2) is 0 Å². The van der Waals surface area contributed by atoms with E-state index in [9.17, 15) is 4.39 Å². The van der Waals surface area contributed by atoms with Crippen LogP contribution in [-0.4, -0.2) is 16.5 Å². The van der Waals surface area contributed by atoms with Crippen molar-refractivity contribution < 1.29 is 4.39 Å². The van der Waals surface area contributed by atoms with Crippen LogP contribution >= 0.6 is 0 Å². The molecule has 0 spiro atoms. The maximum Gasteiger partial charge on any atom is 0.123 e. The van der Waals surface area contributed by atoms with Crippen molar-refractivity contribution in [1.82, 2.24) is 9.97 Å². The molecule has 2 heterocycles. The fourth-order valence-corrected chi connectivity index (χ4v) is 3.38. The number of rotatable bonds is 2. The SMILES string of the molecule is CC1(C)CNc2cc(Cc3ccc(F)cc3)c3nccnc3c21. The summed E-state index contributed by atoms with van der Waals surface area (Å²) in [5.41, 5.74) is 6.50. The maximum absolute atomic E-state index is 13.1. The van der Waals surface area contributed by atoms with E-state index in [1.54, 1.807) is 12.4 Å². The van der Waals surface area contributed by atoms with E-state index >= 15 is 0 Å².